The highest BCUT2D eigenvalue weighted by Gasteiger charge is 2.00. The van der Waals surface area contributed by atoms with Crippen molar-refractivity contribution in [3.8, 4) is 0 Å². The number of aryl methyl sites for hydroxylation is 3. The van der Waals surface area contributed by atoms with Crippen molar-refractivity contribution >= 4 is 0 Å². The van der Waals surface area contributed by atoms with Gasteiger partial charge in [0.25, 0.3) is 0 Å². The Kier molecular flexibility index (Phi) is 4.11. The van der Waals surface area contributed by atoms with E-state index in [4.69, 9.17) is 5.11 Å². The average molecular weight is 193 g/mol. The molecule has 1 rings (SSSR count). The average Bonchev–Trinajstić information content (AvgIpc) is 2.14. The van der Waals surface area contributed by atoms with Crippen molar-refractivity contribution in [3.63, 3.8) is 0 Å². The molecule has 0 bridgehead atoms. The van der Waals surface area contributed by atoms with E-state index in [0.717, 1.165) is 6.54 Å². The SMILES string of the molecule is Cc1cc(C)c(CNCCO)cc1C. The van der Waals surface area contributed by atoms with E-state index in [1.54, 1.807) is 0 Å². The van der Waals surface area contributed by atoms with Crippen LogP contribution in [-0.4, -0.2) is 18.3 Å². The van der Waals surface area contributed by atoms with Crippen LogP contribution in [-0.2, 0) is 6.54 Å². The lowest BCUT2D eigenvalue weighted by Crippen LogP contribution is -2.18. The van der Waals surface area contributed by atoms with E-state index in [0.29, 0.717) is 6.54 Å². The zero-order valence-corrected chi connectivity index (χ0v) is 9.22. The van der Waals surface area contributed by atoms with Crippen LogP contribution in [0.3, 0.4) is 0 Å². The van der Waals surface area contributed by atoms with Gasteiger partial charge in [0.2, 0.25) is 0 Å². The van der Waals surface area contributed by atoms with Crippen LogP contribution in [0.1, 0.15) is 22.3 Å². The highest BCUT2D eigenvalue weighted by Crippen LogP contribution is 2.14. The Hall–Kier alpha value is -0.860. The number of aliphatic hydroxyl groups excluding tert-OH is 1. The molecule has 0 aliphatic carbocycles. The lowest BCUT2D eigenvalue weighted by atomic mass is 10.0. The molecule has 0 saturated carbocycles. The predicted octanol–water partition coefficient (Wildman–Crippen LogP) is 1.69. The molecule has 1 aromatic carbocycles. The first-order valence-electron chi connectivity index (χ1n) is 5.03. The Labute approximate surface area is 86.0 Å². The van der Waals surface area contributed by atoms with Gasteiger partial charge in [0, 0.05) is 13.1 Å². The summed E-state index contributed by atoms with van der Waals surface area (Å²) < 4.78 is 0. The van der Waals surface area contributed by atoms with Gasteiger partial charge in [-0.15, -0.1) is 0 Å². The Balaban J connectivity index is 2.72. The summed E-state index contributed by atoms with van der Waals surface area (Å²) in [6.07, 6.45) is 0. The van der Waals surface area contributed by atoms with Crippen molar-refractivity contribution in [2.24, 2.45) is 0 Å². The van der Waals surface area contributed by atoms with Gasteiger partial charge in [0.1, 0.15) is 0 Å². The van der Waals surface area contributed by atoms with E-state index in [1.165, 1.54) is 22.3 Å². The molecule has 0 spiro atoms. The highest BCUT2D eigenvalue weighted by atomic mass is 16.3. The topological polar surface area (TPSA) is 32.3 Å². The number of hydrogen-bond acceptors (Lipinski definition) is 2. The van der Waals surface area contributed by atoms with E-state index in [-0.39, 0.29) is 6.61 Å². The van der Waals surface area contributed by atoms with Crippen molar-refractivity contribution < 1.29 is 5.11 Å². The standard InChI is InChI=1S/C12H19NO/c1-9-6-11(3)12(7-10(9)2)8-13-4-5-14/h6-7,13-14H,4-5,8H2,1-3H3. The molecule has 0 amide bonds. The largest absolute Gasteiger partial charge is 0.395 e. The second-order valence-electron chi connectivity index (χ2n) is 3.76. The van der Waals surface area contributed by atoms with Crippen molar-refractivity contribution in [2.45, 2.75) is 27.3 Å². The Bertz CT molecular complexity index is 307. The van der Waals surface area contributed by atoms with E-state index in [1.807, 2.05) is 0 Å². The van der Waals surface area contributed by atoms with E-state index < -0.39 is 0 Å². The fourth-order valence-electron chi connectivity index (χ4n) is 1.51. The summed E-state index contributed by atoms with van der Waals surface area (Å²) in [5, 5.41) is 11.8. The molecule has 0 atom stereocenters. The van der Waals surface area contributed by atoms with Gasteiger partial charge in [-0.2, -0.15) is 0 Å². The summed E-state index contributed by atoms with van der Waals surface area (Å²) in [6, 6.07) is 4.43. The van der Waals surface area contributed by atoms with Crippen LogP contribution in [0.15, 0.2) is 12.1 Å². The Morgan fingerprint density at radius 3 is 2.36 bits per heavy atom. The molecule has 0 heterocycles. The molecule has 78 valence electrons. The molecule has 2 heteroatoms. The first-order valence-corrected chi connectivity index (χ1v) is 5.03. The minimum Gasteiger partial charge on any atom is -0.395 e. The van der Waals surface area contributed by atoms with Gasteiger partial charge < -0.3 is 10.4 Å². The predicted molar refractivity (Wildman–Crippen MR) is 59.4 cm³/mol. The molecule has 0 aromatic heterocycles. The number of hydrogen-bond donors (Lipinski definition) is 2. The fraction of sp³-hybridized carbons (Fsp3) is 0.500. The smallest absolute Gasteiger partial charge is 0.0556 e. The fourth-order valence-corrected chi connectivity index (χ4v) is 1.51. The quantitative estimate of drug-likeness (QED) is 0.713. The molecule has 0 fully saturated rings. The zero-order chi connectivity index (χ0) is 10.6. The molecule has 14 heavy (non-hydrogen) atoms. The third-order valence-electron chi connectivity index (χ3n) is 2.56. The molecule has 1 aromatic rings. The van der Waals surface area contributed by atoms with E-state index in [9.17, 15) is 0 Å². The van der Waals surface area contributed by atoms with Crippen LogP contribution < -0.4 is 5.32 Å². The number of benzene rings is 1. The van der Waals surface area contributed by atoms with Crippen molar-refractivity contribution in [3.05, 3.63) is 34.4 Å². The summed E-state index contributed by atoms with van der Waals surface area (Å²) >= 11 is 0. The molecule has 2 nitrogen and oxygen atoms in total. The summed E-state index contributed by atoms with van der Waals surface area (Å²) in [5.41, 5.74) is 5.31. The first kappa shape index (κ1) is 11.2. The van der Waals surface area contributed by atoms with Gasteiger partial charge in [-0.25, -0.2) is 0 Å². The summed E-state index contributed by atoms with van der Waals surface area (Å²) in [7, 11) is 0. The van der Waals surface area contributed by atoms with Gasteiger partial charge in [0.05, 0.1) is 6.61 Å². The lowest BCUT2D eigenvalue weighted by Gasteiger charge is -2.10. The Morgan fingerprint density at radius 2 is 1.71 bits per heavy atom. The van der Waals surface area contributed by atoms with Crippen molar-refractivity contribution in [1.82, 2.24) is 5.32 Å². The molecule has 0 radical (unpaired) electrons. The molecular weight excluding hydrogens is 174 g/mol. The molecule has 0 saturated heterocycles. The van der Waals surface area contributed by atoms with Crippen LogP contribution >= 0.6 is 0 Å². The Morgan fingerprint density at radius 1 is 1.07 bits per heavy atom. The number of rotatable bonds is 4. The van der Waals surface area contributed by atoms with Crippen LogP contribution in [0, 0.1) is 20.8 Å². The van der Waals surface area contributed by atoms with Crippen LogP contribution in [0.5, 0.6) is 0 Å². The van der Waals surface area contributed by atoms with Crippen LogP contribution in [0.25, 0.3) is 0 Å². The summed E-state index contributed by atoms with van der Waals surface area (Å²) in [4.78, 5) is 0. The normalized spacial score (nSPS) is 10.6. The van der Waals surface area contributed by atoms with Crippen LogP contribution in [0.2, 0.25) is 0 Å². The molecule has 0 unspecified atom stereocenters. The van der Waals surface area contributed by atoms with Gasteiger partial charge in [-0.05, 0) is 43.0 Å². The maximum atomic E-state index is 8.65. The van der Waals surface area contributed by atoms with Crippen molar-refractivity contribution in [2.75, 3.05) is 13.2 Å². The van der Waals surface area contributed by atoms with Crippen molar-refractivity contribution in [1.29, 1.82) is 0 Å². The number of nitrogens with one attached hydrogen (secondary N) is 1. The first-order chi connectivity index (χ1) is 6.65. The van der Waals surface area contributed by atoms with Gasteiger partial charge >= 0.3 is 0 Å². The summed E-state index contributed by atoms with van der Waals surface area (Å²) in [5.74, 6) is 0. The van der Waals surface area contributed by atoms with Gasteiger partial charge in [-0.3, -0.25) is 0 Å². The maximum absolute atomic E-state index is 8.65. The monoisotopic (exact) mass is 193 g/mol. The minimum absolute atomic E-state index is 0.198. The second kappa shape index (κ2) is 5.13. The molecule has 2 N–H and O–H groups in total. The highest BCUT2D eigenvalue weighted by molar-refractivity contribution is 5.36. The maximum Gasteiger partial charge on any atom is 0.0556 e. The minimum atomic E-state index is 0.198. The van der Waals surface area contributed by atoms with Crippen LogP contribution in [0.4, 0.5) is 0 Å². The third-order valence-corrected chi connectivity index (χ3v) is 2.56. The second-order valence-corrected chi connectivity index (χ2v) is 3.76. The summed E-state index contributed by atoms with van der Waals surface area (Å²) in [6.45, 7) is 8.09. The lowest BCUT2D eigenvalue weighted by molar-refractivity contribution is 0.292. The number of aliphatic hydroxyl groups is 1. The zero-order valence-electron chi connectivity index (χ0n) is 9.22. The molecular formula is C12H19NO. The van der Waals surface area contributed by atoms with E-state index in [2.05, 4.69) is 38.2 Å². The molecule has 0 aliphatic heterocycles. The third kappa shape index (κ3) is 2.82. The van der Waals surface area contributed by atoms with E-state index >= 15 is 0 Å². The molecule has 0 aliphatic rings. The van der Waals surface area contributed by atoms with Gasteiger partial charge in [0.15, 0.2) is 0 Å². The van der Waals surface area contributed by atoms with Gasteiger partial charge in [-0.1, -0.05) is 12.1 Å².